The number of hydrogen-bond acceptors (Lipinski definition) is 2. The van der Waals surface area contributed by atoms with E-state index < -0.39 is 0 Å². The van der Waals surface area contributed by atoms with Crippen LogP contribution in [0.3, 0.4) is 0 Å². The Hall–Kier alpha value is -2.29. The largest absolute Gasteiger partial charge is 0.497 e. The van der Waals surface area contributed by atoms with Gasteiger partial charge in [0.1, 0.15) is 5.75 Å². The zero-order chi connectivity index (χ0) is 14.4. The zero-order valence-electron chi connectivity index (χ0n) is 12.0. The fraction of sp³-hybridized carbons (Fsp3) is 0.278. The van der Waals surface area contributed by atoms with Gasteiger partial charge in [0.05, 0.1) is 12.6 Å². The van der Waals surface area contributed by atoms with E-state index >= 15 is 0 Å². The maximum atomic E-state index is 12.7. The molecule has 0 aliphatic carbocycles. The van der Waals surface area contributed by atoms with Gasteiger partial charge in [-0.2, -0.15) is 0 Å². The van der Waals surface area contributed by atoms with Gasteiger partial charge in [0.25, 0.3) is 5.91 Å². The van der Waals surface area contributed by atoms with E-state index in [0.29, 0.717) is 0 Å². The van der Waals surface area contributed by atoms with E-state index in [4.69, 9.17) is 4.74 Å². The summed E-state index contributed by atoms with van der Waals surface area (Å²) in [5.74, 6) is 0.997. The highest BCUT2D eigenvalue weighted by Gasteiger charge is 2.53. The number of carbonyl (C=O) groups excluding carboxylic acids is 1. The minimum absolute atomic E-state index is 0.158. The smallest absolute Gasteiger partial charge is 0.255 e. The Morgan fingerprint density at radius 1 is 1.14 bits per heavy atom. The topological polar surface area (TPSA) is 29.5 Å². The number of methoxy groups -OCH3 is 1. The molecule has 21 heavy (non-hydrogen) atoms. The van der Waals surface area contributed by atoms with Crippen LogP contribution in [0.1, 0.15) is 34.3 Å². The van der Waals surface area contributed by atoms with Crippen molar-refractivity contribution in [2.75, 3.05) is 13.7 Å². The van der Waals surface area contributed by atoms with Gasteiger partial charge in [0.2, 0.25) is 0 Å². The summed E-state index contributed by atoms with van der Waals surface area (Å²) in [6.45, 7) is 0.824. The molecule has 1 unspecified atom stereocenters. The monoisotopic (exact) mass is 279 g/mol. The van der Waals surface area contributed by atoms with Crippen LogP contribution in [0.15, 0.2) is 48.5 Å². The maximum Gasteiger partial charge on any atom is 0.255 e. The molecule has 0 radical (unpaired) electrons. The van der Waals surface area contributed by atoms with Crippen LogP contribution in [-0.4, -0.2) is 24.5 Å². The predicted octanol–water partition coefficient (Wildman–Crippen LogP) is 3.19. The zero-order valence-corrected chi connectivity index (χ0v) is 12.0. The molecular formula is C18H17NO2. The third-order valence-electron chi connectivity index (χ3n) is 4.78. The van der Waals surface area contributed by atoms with Crippen LogP contribution >= 0.6 is 0 Å². The van der Waals surface area contributed by atoms with Crippen molar-refractivity contribution in [1.82, 2.24) is 4.90 Å². The van der Waals surface area contributed by atoms with E-state index in [0.717, 1.165) is 41.8 Å². The van der Waals surface area contributed by atoms with Gasteiger partial charge in [0, 0.05) is 12.1 Å². The molecule has 2 aromatic carbocycles. The van der Waals surface area contributed by atoms with Gasteiger partial charge in [-0.1, -0.05) is 30.3 Å². The fourth-order valence-corrected chi connectivity index (χ4v) is 3.89. The summed E-state index contributed by atoms with van der Waals surface area (Å²) in [6, 6.07) is 16.1. The molecule has 0 saturated carbocycles. The number of nitrogens with zero attached hydrogens (tertiary/aromatic N) is 1. The molecule has 1 saturated heterocycles. The number of fused-ring (bicyclic) bond motifs is 3. The van der Waals surface area contributed by atoms with Gasteiger partial charge in [-0.3, -0.25) is 4.79 Å². The summed E-state index contributed by atoms with van der Waals surface area (Å²) in [4.78, 5) is 14.7. The Bertz CT molecular complexity index is 725. The van der Waals surface area contributed by atoms with E-state index in [1.54, 1.807) is 7.11 Å². The van der Waals surface area contributed by atoms with Gasteiger partial charge in [-0.25, -0.2) is 0 Å². The van der Waals surface area contributed by atoms with Crippen LogP contribution in [-0.2, 0) is 5.54 Å². The quantitative estimate of drug-likeness (QED) is 0.845. The van der Waals surface area contributed by atoms with E-state index in [9.17, 15) is 4.79 Å². The minimum atomic E-state index is -0.303. The number of hydrogen-bond donors (Lipinski definition) is 0. The second kappa shape index (κ2) is 4.35. The van der Waals surface area contributed by atoms with Gasteiger partial charge >= 0.3 is 0 Å². The average Bonchev–Trinajstić information content (AvgIpc) is 3.08. The number of ether oxygens (including phenoxy) is 1. The molecule has 3 nitrogen and oxygen atoms in total. The molecule has 0 bridgehead atoms. The first-order chi connectivity index (χ1) is 10.3. The van der Waals surface area contributed by atoms with Crippen LogP contribution in [0.5, 0.6) is 5.75 Å². The fourth-order valence-electron chi connectivity index (χ4n) is 3.89. The Balaban J connectivity index is 1.97. The standard InChI is InChI=1S/C18H17NO2/c1-21-14-7-4-6-13(12-14)18-10-5-11-19(18)17(20)15-8-2-3-9-16(15)18/h2-4,6-9,12H,5,10-11H2,1H3. The van der Waals surface area contributed by atoms with Crippen molar-refractivity contribution in [2.45, 2.75) is 18.4 Å². The Kier molecular flexibility index (Phi) is 2.58. The predicted molar refractivity (Wildman–Crippen MR) is 80.5 cm³/mol. The van der Waals surface area contributed by atoms with Crippen molar-refractivity contribution in [2.24, 2.45) is 0 Å². The Labute approximate surface area is 124 Å². The first-order valence-electron chi connectivity index (χ1n) is 7.33. The molecule has 2 aliphatic rings. The lowest BCUT2D eigenvalue weighted by atomic mass is 9.81. The van der Waals surface area contributed by atoms with Crippen LogP contribution < -0.4 is 4.74 Å². The van der Waals surface area contributed by atoms with Crippen LogP contribution in [0.4, 0.5) is 0 Å². The first kappa shape index (κ1) is 12.5. The van der Waals surface area contributed by atoms with Gasteiger partial charge in [-0.15, -0.1) is 0 Å². The lowest BCUT2D eigenvalue weighted by Crippen LogP contribution is -2.39. The van der Waals surface area contributed by atoms with Gasteiger partial charge in [0.15, 0.2) is 0 Å². The molecule has 2 aromatic rings. The van der Waals surface area contributed by atoms with Crippen molar-refractivity contribution in [1.29, 1.82) is 0 Å². The second-order valence-electron chi connectivity index (χ2n) is 5.70. The SMILES string of the molecule is COc1cccc(C23CCCN2C(=O)c2ccccc23)c1. The molecule has 1 amide bonds. The summed E-state index contributed by atoms with van der Waals surface area (Å²) in [5, 5.41) is 0. The Morgan fingerprint density at radius 3 is 2.86 bits per heavy atom. The normalized spacial score (nSPS) is 23.1. The number of amides is 1. The van der Waals surface area contributed by atoms with Crippen LogP contribution in [0, 0.1) is 0 Å². The minimum Gasteiger partial charge on any atom is -0.497 e. The van der Waals surface area contributed by atoms with Crippen molar-refractivity contribution in [3.63, 3.8) is 0 Å². The number of benzene rings is 2. The highest BCUT2D eigenvalue weighted by molar-refractivity contribution is 6.01. The molecule has 0 aromatic heterocycles. The summed E-state index contributed by atoms with van der Waals surface area (Å²) < 4.78 is 5.37. The van der Waals surface area contributed by atoms with Crippen LogP contribution in [0.2, 0.25) is 0 Å². The molecule has 3 heteroatoms. The summed E-state index contributed by atoms with van der Waals surface area (Å²) in [7, 11) is 1.68. The third-order valence-corrected chi connectivity index (χ3v) is 4.78. The molecule has 0 N–H and O–H groups in total. The molecule has 2 heterocycles. The van der Waals surface area contributed by atoms with Crippen molar-refractivity contribution >= 4 is 5.91 Å². The highest BCUT2D eigenvalue weighted by Crippen LogP contribution is 2.51. The van der Waals surface area contributed by atoms with Crippen molar-refractivity contribution in [3.8, 4) is 5.75 Å². The van der Waals surface area contributed by atoms with Gasteiger partial charge < -0.3 is 9.64 Å². The molecule has 1 atom stereocenters. The molecule has 106 valence electrons. The van der Waals surface area contributed by atoms with E-state index in [2.05, 4.69) is 18.2 Å². The Morgan fingerprint density at radius 2 is 2.00 bits per heavy atom. The summed E-state index contributed by atoms with van der Waals surface area (Å²) in [6.07, 6.45) is 2.01. The van der Waals surface area contributed by atoms with E-state index in [1.165, 1.54) is 0 Å². The molecular weight excluding hydrogens is 262 g/mol. The third kappa shape index (κ3) is 1.52. The summed E-state index contributed by atoms with van der Waals surface area (Å²) >= 11 is 0. The summed E-state index contributed by atoms with van der Waals surface area (Å²) in [5.41, 5.74) is 2.83. The van der Waals surface area contributed by atoms with Crippen molar-refractivity contribution < 1.29 is 9.53 Å². The van der Waals surface area contributed by atoms with Gasteiger partial charge in [-0.05, 0) is 42.2 Å². The maximum absolute atomic E-state index is 12.7. The number of rotatable bonds is 2. The average molecular weight is 279 g/mol. The molecule has 4 rings (SSSR count). The lowest BCUT2D eigenvalue weighted by molar-refractivity contribution is 0.0711. The van der Waals surface area contributed by atoms with E-state index in [1.807, 2.05) is 35.2 Å². The molecule has 2 aliphatic heterocycles. The number of carbonyl (C=O) groups is 1. The first-order valence-corrected chi connectivity index (χ1v) is 7.33. The lowest BCUT2D eigenvalue weighted by Gasteiger charge is -2.33. The van der Waals surface area contributed by atoms with Crippen LogP contribution in [0.25, 0.3) is 0 Å². The van der Waals surface area contributed by atoms with Crippen molar-refractivity contribution in [3.05, 3.63) is 65.2 Å². The van der Waals surface area contributed by atoms with E-state index in [-0.39, 0.29) is 11.4 Å². The molecule has 0 spiro atoms. The molecule has 1 fully saturated rings. The second-order valence-corrected chi connectivity index (χ2v) is 5.70. The highest BCUT2D eigenvalue weighted by atomic mass is 16.5.